The van der Waals surface area contributed by atoms with Gasteiger partial charge in [-0.05, 0) is 18.8 Å². The second-order valence-corrected chi connectivity index (χ2v) is 4.70. The van der Waals surface area contributed by atoms with Gasteiger partial charge in [0.2, 0.25) is 0 Å². The summed E-state index contributed by atoms with van der Waals surface area (Å²) >= 11 is 0. The van der Waals surface area contributed by atoms with E-state index in [0.29, 0.717) is 13.2 Å². The number of methoxy groups -OCH3 is 1. The molecule has 0 radical (unpaired) electrons. The van der Waals surface area contributed by atoms with E-state index in [0.717, 1.165) is 25.1 Å². The number of hydrogen-bond donors (Lipinski definition) is 1. The van der Waals surface area contributed by atoms with Crippen LogP contribution in [0.2, 0.25) is 0 Å². The maximum absolute atomic E-state index is 5.43. The highest BCUT2D eigenvalue weighted by atomic mass is 16.5. The molecule has 0 heterocycles. The van der Waals surface area contributed by atoms with Gasteiger partial charge in [0.1, 0.15) is 0 Å². The van der Waals surface area contributed by atoms with Crippen molar-refractivity contribution in [3.8, 4) is 0 Å². The van der Waals surface area contributed by atoms with Crippen LogP contribution < -0.4 is 5.32 Å². The van der Waals surface area contributed by atoms with E-state index in [-0.39, 0.29) is 0 Å². The van der Waals surface area contributed by atoms with Crippen LogP contribution in [0.15, 0.2) is 0 Å². The van der Waals surface area contributed by atoms with Crippen LogP contribution in [0, 0.1) is 5.92 Å². The molecule has 2 unspecified atom stereocenters. The fourth-order valence-electron chi connectivity index (χ4n) is 2.43. The topological polar surface area (TPSA) is 30.5 Å². The molecule has 16 heavy (non-hydrogen) atoms. The minimum atomic E-state index is 0.696. The molecule has 3 nitrogen and oxygen atoms in total. The van der Waals surface area contributed by atoms with E-state index in [1.54, 1.807) is 7.11 Å². The summed E-state index contributed by atoms with van der Waals surface area (Å²) in [6, 6.07) is 0.727. The van der Waals surface area contributed by atoms with Crippen molar-refractivity contribution in [2.45, 2.75) is 45.1 Å². The van der Waals surface area contributed by atoms with Gasteiger partial charge in [0, 0.05) is 19.7 Å². The van der Waals surface area contributed by atoms with Gasteiger partial charge >= 0.3 is 0 Å². The Kier molecular flexibility index (Phi) is 7.81. The zero-order valence-corrected chi connectivity index (χ0v) is 10.8. The van der Waals surface area contributed by atoms with Crippen molar-refractivity contribution in [2.24, 2.45) is 5.92 Å². The Bertz CT molecular complexity index is 164. The standard InChI is InChI=1S/C13H27NO2/c1-3-12-5-4-6-13(11-12)14-7-8-16-10-9-15-2/h12-14H,3-11H2,1-2H3. The van der Waals surface area contributed by atoms with Gasteiger partial charge in [-0.3, -0.25) is 0 Å². The zero-order chi connectivity index (χ0) is 11.6. The summed E-state index contributed by atoms with van der Waals surface area (Å²) in [4.78, 5) is 0. The Morgan fingerprint density at radius 1 is 1.19 bits per heavy atom. The summed E-state index contributed by atoms with van der Waals surface area (Å²) in [5.74, 6) is 0.945. The van der Waals surface area contributed by atoms with Crippen LogP contribution in [0.3, 0.4) is 0 Å². The first-order chi connectivity index (χ1) is 7.86. The zero-order valence-electron chi connectivity index (χ0n) is 10.8. The minimum absolute atomic E-state index is 0.696. The van der Waals surface area contributed by atoms with E-state index in [4.69, 9.17) is 9.47 Å². The molecule has 0 saturated heterocycles. The van der Waals surface area contributed by atoms with Crippen LogP contribution in [0.25, 0.3) is 0 Å². The molecule has 0 bridgehead atoms. The van der Waals surface area contributed by atoms with Gasteiger partial charge in [-0.1, -0.05) is 26.2 Å². The molecule has 1 rings (SSSR count). The van der Waals surface area contributed by atoms with Gasteiger partial charge in [-0.15, -0.1) is 0 Å². The van der Waals surface area contributed by atoms with Gasteiger partial charge in [-0.25, -0.2) is 0 Å². The van der Waals surface area contributed by atoms with E-state index in [1.807, 2.05) is 0 Å². The lowest BCUT2D eigenvalue weighted by molar-refractivity contribution is 0.0701. The number of ether oxygens (including phenoxy) is 2. The molecule has 0 spiro atoms. The average molecular weight is 229 g/mol. The van der Waals surface area contributed by atoms with E-state index < -0.39 is 0 Å². The predicted octanol–water partition coefficient (Wildman–Crippen LogP) is 2.21. The lowest BCUT2D eigenvalue weighted by Gasteiger charge is -2.29. The molecule has 1 saturated carbocycles. The molecule has 3 heteroatoms. The maximum Gasteiger partial charge on any atom is 0.0700 e. The van der Waals surface area contributed by atoms with Gasteiger partial charge in [0.15, 0.2) is 0 Å². The molecule has 1 aliphatic rings. The monoisotopic (exact) mass is 229 g/mol. The smallest absolute Gasteiger partial charge is 0.0700 e. The summed E-state index contributed by atoms with van der Waals surface area (Å²) in [6.07, 6.45) is 6.85. The fraction of sp³-hybridized carbons (Fsp3) is 1.00. The van der Waals surface area contributed by atoms with E-state index in [9.17, 15) is 0 Å². The summed E-state index contributed by atoms with van der Waals surface area (Å²) in [7, 11) is 1.70. The summed E-state index contributed by atoms with van der Waals surface area (Å²) in [5, 5.41) is 3.60. The van der Waals surface area contributed by atoms with Crippen molar-refractivity contribution in [1.29, 1.82) is 0 Å². The normalized spacial score (nSPS) is 25.9. The van der Waals surface area contributed by atoms with Crippen molar-refractivity contribution in [3.63, 3.8) is 0 Å². The molecule has 0 aliphatic heterocycles. The lowest BCUT2D eigenvalue weighted by atomic mass is 9.84. The third-order valence-corrected chi connectivity index (χ3v) is 3.47. The lowest BCUT2D eigenvalue weighted by Crippen LogP contribution is -2.36. The predicted molar refractivity (Wildman–Crippen MR) is 66.7 cm³/mol. The van der Waals surface area contributed by atoms with Gasteiger partial charge in [0.05, 0.1) is 19.8 Å². The Balaban J connectivity index is 1.95. The highest BCUT2D eigenvalue weighted by molar-refractivity contribution is 4.77. The van der Waals surface area contributed by atoms with Crippen molar-refractivity contribution >= 4 is 0 Å². The molecule has 0 aromatic rings. The highest BCUT2D eigenvalue weighted by Crippen LogP contribution is 2.26. The Labute approximate surface area is 99.9 Å². The summed E-state index contributed by atoms with van der Waals surface area (Å²) in [6.45, 7) is 5.49. The van der Waals surface area contributed by atoms with Crippen LogP contribution in [-0.2, 0) is 9.47 Å². The second kappa shape index (κ2) is 8.97. The molecule has 0 aromatic carbocycles. The fourth-order valence-corrected chi connectivity index (χ4v) is 2.43. The molecule has 0 amide bonds. The first-order valence-corrected chi connectivity index (χ1v) is 6.66. The average Bonchev–Trinajstić information content (AvgIpc) is 2.34. The second-order valence-electron chi connectivity index (χ2n) is 4.70. The van der Waals surface area contributed by atoms with E-state index in [2.05, 4.69) is 12.2 Å². The molecular weight excluding hydrogens is 202 g/mol. The number of hydrogen-bond acceptors (Lipinski definition) is 3. The molecule has 0 aromatic heterocycles. The Hall–Kier alpha value is -0.120. The van der Waals surface area contributed by atoms with Crippen LogP contribution in [0.4, 0.5) is 0 Å². The molecule has 1 N–H and O–H groups in total. The van der Waals surface area contributed by atoms with Crippen LogP contribution in [-0.4, -0.2) is 39.5 Å². The van der Waals surface area contributed by atoms with Gasteiger partial charge in [-0.2, -0.15) is 0 Å². The van der Waals surface area contributed by atoms with Crippen LogP contribution >= 0.6 is 0 Å². The van der Waals surface area contributed by atoms with Crippen molar-refractivity contribution < 1.29 is 9.47 Å². The largest absolute Gasteiger partial charge is 0.382 e. The third kappa shape index (κ3) is 5.83. The maximum atomic E-state index is 5.43. The number of nitrogens with one attached hydrogen (secondary N) is 1. The third-order valence-electron chi connectivity index (χ3n) is 3.47. The number of rotatable bonds is 8. The first-order valence-electron chi connectivity index (χ1n) is 6.66. The summed E-state index contributed by atoms with van der Waals surface area (Å²) in [5.41, 5.74) is 0. The Morgan fingerprint density at radius 3 is 2.81 bits per heavy atom. The highest BCUT2D eigenvalue weighted by Gasteiger charge is 2.19. The van der Waals surface area contributed by atoms with E-state index in [1.165, 1.54) is 32.1 Å². The summed E-state index contributed by atoms with van der Waals surface area (Å²) < 4.78 is 10.4. The van der Waals surface area contributed by atoms with Crippen molar-refractivity contribution in [2.75, 3.05) is 33.5 Å². The van der Waals surface area contributed by atoms with Crippen molar-refractivity contribution in [1.82, 2.24) is 5.32 Å². The SMILES string of the molecule is CCC1CCCC(NCCOCCOC)C1. The van der Waals surface area contributed by atoms with Crippen LogP contribution in [0.1, 0.15) is 39.0 Å². The van der Waals surface area contributed by atoms with Gasteiger partial charge < -0.3 is 14.8 Å². The Morgan fingerprint density at radius 2 is 2.06 bits per heavy atom. The van der Waals surface area contributed by atoms with Crippen molar-refractivity contribution in [3.05, 3.63) is 0 Å². The molecule has 1 fully saturated rings. The molecular formula is C13H27NO2. The molecule has 96 valence electrons. The van der Waals surface area contributed by atoms with Crippen LogP contribution in [0.5, 0.6) is 0 Å². The first kappa shape index (κ1) is 13.9. The van der Waals surface area contributed by atoms with Gasteiger partial charge in [0.25, 0.3) is 0 Å². The van der Waals surface area contributed by atoms with E-state index >= 15 is 0 Å². The molecule has 1 aliphatic carbocycles. The minimum Gasteiger partial charge on any atom is -0.382 e. The quantitative estimate of drug-likeness (QED) is 0.647. The molecule has 2 atom stereocenters.